The summed E-state index contributed by atoms with van der Waals surface area (Å²) in [7, 11) is 1.90. The number of aromatic amines is 1. The first-order valence-electron chi connectivity index (χ1n) is 5.71. The van der Waals surface area contributed by atoms with Crippen LogP contribution in [0.3, 0.4) is 0 Å². The molecule has 1 aliphatic rings. The highest BCUT2D eigenvalue weighted by Gasteiger charge is 2.07. The molecule has 1 aliphatic heterocycles. The molecule has 0 aliphatic carbocycles. The number of fused-ring (bicyclic) bond motifs is 1. The molecule has 18 heavy (non-hydrogen) atoms. The van der Waals surface area contributed by atoms with Gasteiger partial charge in [0.05, 0.1) is 16.7 Å². The average molecular weight is 239 g/mol. The fourth-order valence-corrected chi connectivity index (χ4v) is 1.81. The van der Waals surface area contributed by atoms with Gasteiger partial charge in [-0.1, -0.05) is 6.08 Å². The molecule has 0 radical (unpaired) electrons. The van der Waals surface area contributed by atoms with E-state index >= 15 is 0 Å². The van der Waals surface area contributed by atoms with Gasteiger partial charge < -0.3 is 10.3 Å². The van der Waals surface area contributed by atoms with Crippen molar-refractivity contribution >= 4 is 28.6 Å². The molecule has 0 unspecified atom stereocenters. The molecule has 1 aromatic carbocycles. The minimum Gasteiger partial charge on any atom is -0.388 e. The molecule has 1 aromatic heterocycles. The van der Waals surface area contributed by atoms with Gasteiger partial charge in [0.25, 0.3) is 0 Å². The zero-order valence-electron chi connectivity index (χ0n) is 9.94. The molecule has 0 fully saturated rings. The van der Waals surface area contributed by atoms with Gasteiger partial charge in [0, 0.05) is 18.9 Å². The van der Waals surface area contributed by atoms with Crippen LogP contribution >= 0.6 is 0 Å². The summed E-state index contributed by atoms with van der Waals surface area (Å²) in [6.07, 6.45) is 7.42. The summed E-state index contributed by atoms with van der Waals surface area (Å²) in [5.74, 6) is 0.780. The monoisotopic (exact) mass is 239 g/mol. The topological polar surface area (TPSA) is 65.1 Å². The number of H-pyrrole nitrogens is 1. The number of benzene rings is 1. The van der Waals surface area contributed by atoms with Crippen LogP contribution in [0, 0.1) is 0 Å². The van der Waals surface area contributed by atoms with E-state index in [2.05, 4.69) is 25.8 Å². The summed E-state index contributed by atoms with van der Waals surface area (Å²) >= 11 is 0. The lowest BCUT2D eigenvalue weighted by Crippen LogP contribution is -2.04. The van der Waals surface area contributed by atoms with Gasteiger partial charge in [-0.05, 0) is 30.4 Å². The van der Waals surface area contributed by atoms with Crippen molar-refractivity contribution in [1.29, 1.82) is 0 Å². The molecule has 0 spiro atoms. The number of allylic oxidation sites excluding steroid dienone is 3. The van der Waals surface area contributed by atoms with Gasteiger partial charge >= 0.3 is 0 Å². The first-order valence-corrected chi connectivity index (χ1v) is 5.71. The number of anilines is 1. The van der Waals surface area contributed by atoms with Crippen LogP contribution in [0.1, 0.15) is 5.82 Å². The van der Waals surface area contributed by atoms with Crippen LogP contribution in [0.2, 0.25) is 0 Å². The van der Waals surface area contributed by atoms with Crippen molar-refractivity contribution in [3.05, 3.63) is 42.3 Å². The predicted octanol–water partition coefficient (Wildman–Crippen LogP) is 2.09. The third-order valence-corrected chi connectivity index (χ3v) is 2.75. The molecule has 2 aromatic rings. The number of aromatic nitrogens is 2. The Morgan fingerprint density at radius 3 is 3.06 bits per heavy atom. The van der Waals surface area contributed by atoms with E-state index in [1.165, 1.54) is 0 Å². The number of nitrogens with zero attached hydrogens (tertiary/aromatic N) is 2. The Morgan fingerprint density at radius 2 is 2.17 bits per heavy atom. The lowest BCUT2D eigenvalue weighted by molar-refractivity contribution is 0.980. The fourth-order valence-electron chi connectivity index (χ4n) is 1.81. The molecule has 90 valence electrons. The fraction of sp³-hybridized carbons (Fsp3) is 0.0769. The average Bonchev–Trinajstić information content (AvgIpc) is 2.63. The third kappa shape index (κ3) is 1.86. The highest BCUT2D eigenvalue weighted by Crippen LogP contribution is 2.19. The predicted molar refractivity (Wildman–Crippen MR) is 74.4 cm³/mol. The second-order valence-corrected chi connectivity index (χ2v) is 3.92. The third-order valence-electron chi connectivity index (χ3n) is 2.75. The van der Waals surface area contributed by atoms with Crippen molar-refractivity contribution in [3.63, 3.8) is 0 Å². The second-order valence-electron chi connectivity index (χ2n) is 3.92. The van der Waals surface area contributed by atoms with Crippen LogP contribution in [-0.4, -0.2) is 23.2 Å². The highest BCUT2D eigenvalue weighted by atomic mass is 15.3. The molecule has 0 saturated carbocycles. The van der Waals surface area contributed by atoms with E-state index in [0.29, 0.717) is 0 Å². The molecule has 3 rings (SSSR count). The van der Waals surface area contributed by atoms with Crippen molar-refractivity contribution in [2.24, 2.45) is 5.10 Å². The normalized spacial score (nSPS) is 14.2. The molecule has 0 saturated heterocycles. The quantitative estimate of drug-likeness (QED) is 0.751. The SMILES string of the molecule is CNc1ccc2nc(C3=CC=CC=NN3)[nH]c2c1. The summed E-state index contributed by atoms with van der Waals surface area (Å²) in [5, 5.41) is 7.14. The van der Waals surface area contributed by atoms with E-state index in [-0.39, 0.29) is 0 Å². The first-order chi connectivity index (χ1) is 8.86. The van der Waals surface area contributed by atoms with Crippen molar-refractivity contribution in [1.82, 2.24) is 15.4 Å². The van der Waals surface area contributed by atoms with Crippen molar-refractivity contribution in [2.75, 3.05) is 12.4 Å². The largest absolute Gasteiger partial charge is 0.388 e. The van der Waals surface area contributed by atoms with Crippen LogP contribution in [0.15, 0.2) is 41.5 Å². The molecule has 0 atom stereocenters. The first kappa shape index (κ1) is 10.6. The Morgan fingerprint density at radius 1 is 1.22 bits per heavy atom. The number of hydrazone groups is 1. The van der Waals surface area contributed by atoms with Gasteiger partial charge in [0.2, 0.25) is 0 Å². The van der Waals surface area contributed by atoms with E-state index in [9.17, 15) is 0 Å². The second kappa shape index (κ2) is 4.37. The zero-order valence-corrected chi connectivity index (χ0v) is 9.94. The van der Waals surface area contributed by atoms with Crippen molar-refractivity contribution < 1.29 is 0 Å². The van der Waals surface area contributed by atoms with Crippen LogP contribution < -0.4 is 10.7 Å². The van der Waals surface area contributed by atoms with Gasteiger partial charge in [-0.3, -0.25) is 5.43 Å². The molecule has 5 nitrogen and oxygen atoms in total. The van der Waals surface area contributed by atoms with E-state index < -0.39 is 0 Å². The maximum absolute atomic E-state index is 4.53. The Hall–Kier alpha value is -2.56. The molecule has 3 N–H and O–H groups in total. The summed E-state index contributed by atoms with van der Waals surface area (Å²) in [6.45, 7) is 0. The summed E-state index contributed by atoms with van der Waals surface area (Å²) in [5.41, 5.74) is 6.78. The number of nitrogens with one attached hydrogen (secondary N) is 3. The van der Waals surface area contributed by atoms with E-state index in [1.54, 1.807) is 6.21 Å². The smallest absolute Gasteiger partial charge is 0.156 e. The molecule has 0 bridgehead atoms. The maximum Gasteiger partial charge on any atom is 0.156 e. The Kier molecular flexibility index (Phi) is 2.57. The van der Waals surface area contributed by atoms with Gasteiger partial charge in [-0.2, -0.15) is 5.10 Å². The van der Waals surface area contributed by atoms with Gasteiger partial charge in [-0.25, -0.2) is 4.98 Å². The van der Waals surface area contributed by atoms with Crippen LogP contribution in [0.4, 0.5) is 5.69 Å². The molecule has 5 heteroatoms. The Bertz CT molecular complexity index is 663. The number of hydrogen-bond donors (Lipinski definition) is 3. The molecule has 2 heterocycles. The van der Waals surface area contributed by atoms with E-state index in [0.717, 1.165) is 28.2 Å². The zero-order chi connectivity index (χ0) is 12.4. The maximum atomic E-state index is 4.53. The molecule has 0 amide bonds. The van der Waals surface area contributed by atoms with Crippen LogP contribution in [-0.2, 0) is 0 Å². The molecular formula is C13H13N5. The summed E-state index contributed by atoms with van der Waals surface area (Å²) < 4.78 is 0. The standard InChI is InChI=1S/C13H13N5/c1-14-9-5-6-10-12(8-9)17-13(16-10)11-4-2-3-7-15-18-11/h2-8,14,18H,1H3,(H,16,17). The van der Waals surface area contributed by atoms with E-state index in [1.807, 2.05) is 43.5 Å². The number of imidazole rings is 1. The van der Waals surface area contributed by atoms with Crippen molar-refractivity contribution in [2.45, 2.75) is 0 Å². The highest BCUT2D eigenvalue weighted by molar-refractivity contribution is 5.82. The minimum atomic E-state index is 0.780. The minimum absolute atomic E-state index is 0.780. The lowest BCUT2D eigenvalue weighted by Gasteiger charge is -1.99. The van der Waals surface area contributed by atoms with Gasteiger partial charge in [-0.15, -0.1) is 0 Å². The number of rotatable bonds is 2. The number of hydrogen-bond acceptors (Lipinski definition) is 4. The van der Waals surface area contributed by atoms with Crippen molar-refractivity contribution in [3.8, 4) is 0 Å². The Labute approximate surface area is 104 Å². The molecular weight excluding hydrogens is 226 g/mol. The summed E-state index contributed by atoms with van der Waals surface area (Å²) in [6, 6.07) is 6.01. The summed E-state index contributed by atoms with van der Waals surface area (Å²) in [4.78, 5) is 7.81. The van der Waals surface area contributed by atoms with Gasteiger partial charge in [0.1, 0.15) is 0 Å². The Balaban J connectivity index is 2.05. The van der Waals surface area contributed by atoms with Crippen LogP contribution in [0.5, 0.6) is 0 Å². The van der Waals surface area contributed by atoms with Crippen LogP contribution in [0.25, 0.3) is 16.7 Å². The van der Waals surface area contributed by atoms with Gasteiger partial charge in [0.15, 0.2) is 5.82 Å². The van der Waals surface area contributed by atoms with E-state index in [4.69, 9.17) is 0 Å². The lowest BCUT2D eigenvalue weighted by atomic mass is 10.3.